The van der Waals surface area contributed by atoms with E-state index in [1.54, 1.807) is 24.3 Å². The van der Waals surface area contributed by atoms with Crippen LogP contribution in [0.4, 0.5) is 5.69 Å². The van der Waals surface area contributed by atoms with Gasteiger partial charge in [-0.15, -0.1) is 0 Å². The van der Waals surface area contributed by atoms with Crippen LogP contribution in [-0.4, -0.2) is 72.1 Å². The predicted octanol–water partition coefficient (Wildman–Crippen LogP) is 2.12. The molecule has 2 aromatic rings. The zero-order chi connectivity index (χ0) is 19.7. The van der Waals surface area contributed by atoms with Gasteiger partial charge >= 0.3 is 0 Å². The number of halogens is 1. The topological polar surface area (TPSA) is 64.1 Å². The number of carbonyl (C=O) groups is 2. The summed E-state index contributed by atoms with van der Waals surface area (Å²) < 4.78 is 0. The average molecular weight is 400 g/mol. The van der Waals surface area contributed by atoms with Crippen LogP contribution in [0.15, 0.2) is 48.5 Å². The van der Waals surface area contributed by atoms with Crippen molar-refractivity contribution < 1.29 is 14.7 Å². The zero-order valence-corrected chi connectivity index (χ0v) is 16.2. The molecule has 6 nitrogen and oxygen atoms in total. The summed E-state index contributed by atoms with van der Waals surface area (Å²) in [6.45, 7) is 3.70. The third kappa shape index (κ3) is 3.76. The highest BCUT2D eigenvalue weighted by Gasteiger charge is 2.36. The SMILES string of the molecule is O=C1c2ccccc2C(=O)N1CC(O)CN1CCN(c2cccc(Cl)c2)CC1. The van der Waals surface area contributed by atoms with Gasteiger partial charge in [-0.2, -0.15) is 0 Å². The fourth-order valence-electron chi connectivity index (χ4n) is 3.83. The van der Waals surface area contributed by atoms with Crippen molar-refractivity contribution in [3.8, 4) is 0 Å². The number of anilines is 1. The molecule has 0 bridgehead atoms. The molecule has 0 aliphatic carbocycles. The van der Waals surface area contributed by atoms with E-state index < -0.39 is 6.10 Å². The number of β-amino-alcohol motifs (C(OH)–C–C–N with tert-alkyl or cyclic N) is 1. The molecule has 0 aromatic heterocycles. The van der Waals surface area contributed by atoms with E-state index in [2.05, 4.69) is 9.80 Å². The smallest absolute Gasteiger partial charge is 0.261 e. The number of imide groups is 1. The molecule has 2 aromatic carbocycles. The van der Waals surface area contributed by atoms with Crippen LogP contribution in [0.1, 0.15) is 20.7 Å². The van der Waals surface area contributed by atoms with E-state index in [9.17, 15) is 14.7 Å². The molecule has 2 heterocycles. The predicted molar refractivity (Wildman–Crippen MR) is 108 cm³/mol. The van der Waals surface area contributed by atoms with Crippen molar-refractivity contribution in [1.29, 1.82) is 0 Å². The van der Waals surface area contributed by atoms with Crippen LogP contribution >= 0.6 is 11.6 Å². The average Bonchev–Trinajstić information content (AvgIpc) is 2.94. The number of aliphatic hydroxyl groups excluding tert-OH is 1. The Bertz CT molecular complexity index is 861. The number of carbonyl (C=O) groups excluding carboxylic acids is 2. The quantitative estimate of drug-likeness (QED) is 0.780. The van der Waals surface area contributed by atoms with E-state index in [4.69, 9.17) is 11.6 Å². The lowest BCUT2D eigenvalue weighted by Gasteiger charge is -2.37. The molecule has 1 atom stereocenters. The summed E-state index contributed by atoms with van der Waals surface area (Å²) in [6.07, 6.45) is -0.778. The van der Waals surface area contributed by atoms with Crippen LogP contribution in [0.25, 0.3) is 0 Å². The molecular formula is C21H22ClN3O3. The summed E-state index contributed by atoms with van der Waals surface area (Å²) in [5.74, 6) is -0.657. The lowest BCUT2D eigenvalue weighted by molar-refractivity contribution is 0.0469. The number of fused-ring (bicyclic) bond motifs is 1. The first-order chi connectivity index (χ1) is 13.5. The summed E-state index contributed by atoms with van der Waals surface area (Å²) in [7, 11) is 0. The highest BCUT2D eigenvalue weighted by atomic mass is 35.5. The molecule has 0 spiro atoms. The van der Waals surface area contributed by atoms with Gasteiger partial charge in [-0.3, -0.25) is 19.4 Å². The van der Waals surface area contributed by atoms with E-state index in [0.717, 1.165) is 41.8 Å². The Balaban J connectivity index is 1.30. The number of nitrogens with zero attached hydrogens (tertiary/aromatic N) is 3. The number of aliphatic hydroxyl groups is 1. The summed E-state index contributed by atoms with van der Waals surface area (Å²) in [6, 6.07) is 14.6. The first kappa shape index (κ1) is 18.9. The molecule has 2 amide bonds. The number of piperazine rings is 1. The molecule has 1 N–H and O–H groups in total. The zero-order valence-electron chi connectivity index (χ0n) is 15.4. The highest BCUT2D eigenvalue weighted by Crippen LogP contribution is 2.23. The molecular weight excluding hydrogens is 378 g/mol. The molecule has 28 heavy (non-hydrogen) atoms. The first-order valence-electron chi connectivity index (χ1n) is 9.39. The van der Waals surface area contributed by atoms with Crippen molar-refractivity contribution in [2.45, 2.75) is 6.10 Å². The number of amides is 2. The van der Waals surface area contributed by atoms with Gasteiger partial charge in [0.1, 0.15) is 0 Å². The monoisotopic (exact) mass is 399 g/mol. The van der Waals surface area contributed by atoms with Crippen LogP contribution in [0.5, 0.6) is 0 Å². The van der Waals surface area contributed by atoms with Crippen molar-refractivity contribution in [3.05, 3.63) is 64.7 Å². The molecule has 7 heteroatoms. The number of hydrogen-bond acceptors (Lipinski definition) is 5. The number of hydrogen-bond donors (Lipinski definition) is 1. The van der Waals surface area contributed by atoms with Gasteiger partial charge in [0.05, 0.1) is 23.8 Å². The molecule has 0 saturated carbocycles. The summed E-state index contributed by atoms with van der Waals surface area (Å²) in [5, 5.41) is 11.2. The van der Waals surface area contributed by atoms with Crippen LogP contribution in [-0.2, 0) is 0 Å². The second-order valence-corrected chi connectivity index (χ2v) is 7.62. The van der Waals surface area contributed by atoms with Gasteiger partial charge < -0.3 is 10.0 Å². The van der Waals surface area contributed by atoms with Gasteiger partial charge in [0.15, 0.2) is 0 Å². The molecule has 4 rings (SSSR count). The molecule has 1 fully saturated rings. The van der Waals surface area contributed by atoms with E-state index >= 15 is 0 Å². The minimum absolute atomic E-state index is 0.0147. The Kier molecular flexibility index (Phi) is 5.35. The lowest BCUT2D eigenvalue weighted by Crippen LogP contribution is -2.50. The maximum Gasteiger partial charge on any atom is 0.261 e. The van der Waals surface area contributed by atoms with E-state index in [-0.39, 0.29) is 18.4 Å². The number of rotatable bonds is 5. The van der Waals surface area contributed by atoms with Crippen LogP contribution in [0.2, 0.25) is 5.02 Å². The molecule has 0 radical (unpaired) electrons. The largest absolute Gasteiger partial charge is 0.390 e. The van der Waals surface area contributed by atoms with Crippen LogP contribution < -0.4 is 4.90 Å². The molecule has 1 saturated heterocycles. The highest BCUT2D eigenvalue weighted by molar-refractivity contribution is 6.30. The van der Waals surface area contributed by atoms with Gasteiger partial charge in [-0.05, 0) is 30.3 Å². The maximum absolute atomic E-state index is 12.4. The van der Waals surface area contributed by atoms with Crippen molar-refractivity contribution in [1.82, 2.24) is 9.80 Å². The van der Waals surface area contributed by atoms with Gasteiger partial charge in [-0.1, -0.05) is 29.8 Å². The summed E-state index contributed by atoms with van der Waals surface area (Å²) in [4.78, 5) is 30.4. The maximum atomic E-state index is 12.4. The molecule has 1 unspecified atom stereocenters. The van der Waals surface area contributed by atoms with Crippen LogP contribution in [0, 0.1) is 0 Å². The fraction of sp³-hybridized carbons (Fsp3) is 0.333. The summed E-state index contributed by atoms with van der Waals surface area (Å²) >= 11 is 6.07. The second kappa shape index (κ2) is 7.91. The van der Waals surface area contributed by atoms with Crippen LogP contribution in [0.3, 0.4) is 0 Å². The van der Waals surface area contributed by atoms with Crippen molar-refractivity contribution >= 4 is 29.1 Å². The van der Waals surface area contributed by atoms with Crippen molar-refractivity contribution in [2.75, 3.05) is 44.2 Å². The minimum Gasteiger partial charge on any atom is -0.390 e. The summed E-state index contributed by atoms with van der Waals surface area (Å²) in [5.41, 5.74) is 1.92. The van der Waals surface area contributed by atoms with Crippen molar-refractivity contribution in [3.63, 3.8) is 0 Å². The van der Waals surface area contributed by atoms with E-state index in [0.29, 0.717) is 17.7 Å². The second-order valence-electron chi connectivity index (χ2n) is 7.19. The normalized spacial score (nSPS) is 18.5. The van der Waals surface area contributed by atoms with Gasteiger partial charge in [0.25, 0.3) is 11.8 Å². The Hall–Kier alpha value is -2.41. The minimum atomic E-state index is -0.778. The van der Waals surface area contributed by atoms with Crippen molar-refractivity contribution in [2.24, 2.45) is 0 Å². The standard InChI is InChI=1S/C21H22ClN3O3/c22-15-4-3-5-16(12-15)24-10-8-23(9-11-24)13-17(26)14-25-20(27)18-6-1-2-7-19(18)21(25)28/h1-7,12,17,26H,8-11,13-14H2. The fourth-order valence-corrected chi connectivity index (χ4v) is 4.02. The Morgan fingerprint density at radius 3 is 2.14 bits per heavy atom. The Labute approximate surface area is 168 Å². The van der Waals surface area contributed by atoms with E-state index in [1.165, 1.54) is 0 Å². The van der Waals surface area contributed by atoms with Gasteiger partial charge in [-0.25, -0.2) is 0 Å². The first-order valence-corrected chi connectivity index (χ1v) is 9.77. The van der Waals surface area contributed by atoms with Gasteiger partial charge in [0.2, 0.25) is 0 Å². The third-order valence-corrected chi connectivity index (χ3v) is 5.52. The molecule has 2 aliphatic rings. The van der Waals surface area contributed by atoms with E-state index in [1.807, 2.05) is 24.3 Å². The van der Waals surface area contributed by atoms with Gasteiger partial charge in [0, 0.05) is 43.4 Å². The molecule has 2 aliphatic heterocycles. The molecule has 146 valence electrons. The number of benzene rings is 2. The lowest BCUT2D eigenvalue weighted by atomic mass is 10.1. The Morgan fingerprint density at radius 2 is 1.54 bits per heavy atom. The third-order valence-electron chi connectivity index (χ3n) is 5.29. The Morgan fingerprint density at radius 1 is 0.893 bits per heavy atom.